The van der Waals surface area contributed by atoms with Gasteiger partial charge in [0.1, 0.15) is 6.61 Å². The summed E-state index contributed by atoms with van der Waals surface area (Å²) in [5, 5.41) is 0. The molecule has 0 saturated heterocycles. The largest absolute Gasteiger partial charge is 0.462 e. The lowest BCUT2D eigenvalue weighted by Crippen LogP contribution is -2.30. The van der Waals surface area contributed by atoms with Gasteiger partial charge in [-0.1, -0.05) is 183 Å². The van der Waals surface area contributed by atoms with Gasteiger partial charge in [-0.05, 0) is 89.9 Å². The summed E-state index contributed by atoms with van der Waals surface area (Å²) in [6.07, 6.45) is 60.4. The first kappa shape index (κ1) is 53.1. The van der Waals surface area contributed by atoms with Crippen LogP contribution in [0.2, 0.25) is 0 Å². The molecule has 1 atom stereocenters. The molecule has 0 N–H and O–H groups in total. The topological polar surface area (TPSA) is 61.8 Å². The molecule has 0 aromatic rings. The molecule has 0 aliphatic carbocycles. The highest BCUT2D eigenvalue weighted by molar-refractivity contribution is 5.70. The molecular formula is C51H86O5. The van der Waals surface area contributed by atoms with Crippen molar-refractivity contribution in [2.45, 2.75) is 207 Å². The van der Waals surface area contributed by atoms with E-state index in [4.69, 9.17) is 14.2 Å². The molecule has 0 spiro atoms. The molecule has 0 fully saturated rings. The summed E-state index contributed by atoms with van der Waals surface area (Å²) in [6.45, 7) is 7.48. The fourth-order valence-electron chi connectivity index (χ4n) is 6.04. The summed E-state index contributed by atoms with van der Waals surface area (Å²) in [7, 11) is 0. The Morgan fingerprint density at radius 3 is 1.29 bits per heavy atom. The van der Waals surface area contributed by atoms with Crippen molar-refractivity contribution in [3.63, 3.8) is 0 Å². The predicted octanol–water partition coefficient (Wildman–Crippen LogP) is 15.3. The van der Waals surface area contributed by atoms with Crippen LogP contribution >= 0.6 is 0 Å². The van der Waals surface area contributed by atoms with Gasteiger partial charge in [-0.2, -0.15) is 0 Å². The Morgan fingerprint density at radius 2 is 0.804 bits per heavy atom. The molecule has 0 saturated carbocycles. The van der Waals surface area contributed by atoms with E-state index in [0.29, 0.717) is 19.4 Å². The zero-order chi connectivity index (χ0) is 40.7. The number of esters is 2. The maximum atomic E-state index is 12.5. The van der Waals surface area contributed by atoms with Crippen molar-refractivity contribution < 1.29 is 23.8 Å². The average molecular weight is 779 g/mol. The lowest BCUT2D eigenvalue weighted by Gasteiger charge is -2.18. The average Bonchev–Trinajstić information content (AvgIpc) is 3.20. The number of rotatable bonds is 41. The highest BCUT2D eigenvalue weighted by atomic mass is 16.6. The van der Waals surface area contributed by atoms with Gasteiger partial charge in [-0.25, -0.2) is 0 Å². The van der Waals surface area contributed by atoms with Crippen molar-refractivity contribution in [3.05, 3.63) is 85.1 Å². The lowest BCUT2D eigenvalue weighted by atomic mass is 10.1. The van der Waals surface area contributed by atoms with E-state index in [1.165, 1.54) is 57.8 Å². The maximum absolute atomic E-state index is 12.5. The summed E-state index contributed by atoms with van der Waals surface area (Å²) in [6, 6.07) is 0. The van der Waals surface area contributed by atoms with Crippen LogP contribution in [0.15, 0.2) is 85.1 Å². The van der Waals surface area contributed by atoms with Crippen molar-refractivity contribution in [2.75, 3.05) is 19.8 Å². The first-order valence-corrected chi connectivity index (χ1v) is 23.1. The van der Waals surface area contributed by atoms with Crippen LogP contribution in [0.25, 0.3) is 0 Å². The Labute approximate surface area is 346 Å². The third kappa shape index (κ3) is 43.8. The SMILES string of the molecule is CC/C=C\C/C=C\C/C=C\C/C=C\CCCCCCC(=O)OCC(COCCCCCCCCCC/C=C\C/C=C\C/C=C\CC)OC(=O)CCCCCCC. The quantitative estimate of drug-likeness (QED) is 0.0351. The van der Waals surface area contributed by atoms with Gasteiger partial charge in [0.25, 0.3) is 0 Å². The van der Waals surface area contributed by atoms with Gasteiger partial charge >= 0.3 is 11.9 Å². The van der Waals surface area contributed by atoms with Gasteiger partial charge in [0, 0.05) is 19.4 Å². The molecule has 0 bridgehead atoms. The van der Waals surface area contributed by atoms with E-state index in [-0.39, 0.29) is 25.2 Å². The third-order valence-electron chi connectivity index (χ3n) is 9.43. The Balaban J connectivity index is 4.11. The summed E-state index contributed by atoms with van der Waals surface area (Å²) in [5.41, 5.74) is 0. The molecule has 0 aliphatic heterocycles. The summed E-state index contributed by atoms with van der Waals surface area (Å²) in [4.78, 5) is 25.0. The molecule has 5 nitrogen and oxygen atoms in total. The second-order valence-corrected chi connectivity index (χ2v) is 14.9. The van der Waals surface area contributed by atoms with Crippen LogP contribution in [0, 0.1) is 0 Å². The third-order valence-corrected chi connectivity index (χ3v) is 9.43. The molecule has 0 aromatic heterocycles. The highest BCUT2D eigenvalue weighted by Crippen LogP contribution is 2.12. The van der Waals surface area contributed by atoms with Crippen molar-refractivity contribution in [1.29, 1.82) is 0 Å². The van der Waals surface area contributed by atoms with Crippen molar-refractivity contribution in [3.8, 4) is 0 Å². The summed E-state index contributed by atoms with van der Waals surface area (Å²) >= 11 is 0. The Kier molecular flexibility index (Phi) is 44.0. The molecule has 0 rings (SSSR count). The van der Waals surface area contributed by atoms with Gasteiger partial charge in [0.2, 0.25) is 0 Å². The Bertz CT molecular complexity index is 1060. The molecular weight excluding hydrogens is 693 g/mol. The predicted molar refractivity (Wildman–Crippen MR) is 242 cm³/mol. The van der Waals surface area contributed by atoms with E-state index in [9.17, 15) is 9.59 Å². The van der Waals surface area contributed by atoms with Crippen LogP contribution in [0.5, 0.6) is 0 Å². The number of hydrogen-bond donors (Lipinski definition) is 0. The van der Waals surface area contributed by atoms with Crippen molar-refractivity contribution in [1.82, 2.24) is 0 Å². The maximum Gasteiger partial charge on any atom is 0.306 e. The highest BCUT2D eigenvalue weighted by Gasteiger charge is 2.17. The minimum Gasteiger partial charge on any atom is -0.462 e. The Hall–Kier alpha value is -2.92. The number of carbonyl (C=O) groups is 2. The lowest BCUT2D eigenvalue weighted by molar-refractivity contribution is -0.163. The fourth-order valence-corrected chi connectivity index (χ4v) is 6.04. The van der Waals surface area contributed by atoms with Gasteiger partial charge in [0.15, 0.2) is 6.10 Å². The van der Waals surface area contributed by atoms with Gasteiger partial charge < -0.3 is 14.2 Å². The van der Waals surface area contributed by atoms with Crippen LogP contribution in [-0.2, 0) is 23.8 Å². The summed E-state index contributed by atoms with van der Waals surface area (Å²) < 4.78 is 17.2. The molecule has 56 heavy (non-hydrogen) atoms. The van der Waals surface area contributed by atoms with Crippen LogP contribution in [0.3, 0.4) is 0 Å². The second kappa shape index (κ2) is 46.5. The minimum absolute atomic E-state index is 0.0655. The molecule has 0 heterocycles. The number of unbranched alkanes of at least 4 members (excludes halogenated alkanes) is 16. The normalized spacial score (nSPS) is 13.0. The first-order chi connectivity index (χ1) is 27.6. The zero-order valence-corrected chi connectivity index (χ0v) is 36.6. The van der Waals surface area contributed by atoms with E-state index in [1.807, 2.05) is 0 Å². The Morgan fingerprint density at radius 1 is 0.411 bits per heavy atom. The minimum atomic E-state index is -0.549. The number of carbonyl (C=O) groups excluding carboxylic acids is 2. The van der Waals surface area contributed by atoms with Crippen molar-refractivity contribution in [2.24, 2.45) is 0 Å². The summed E-state index contributed by atoms with van der Waals surface area (Å²) in [5.74, 6) is -0.446. The molecule has 5 heteroatoms. The van der Waals surface area contributed by atoms with Crippen LogP contribution in [-0.4, -0.2) is 37.9 Å². The van der Waals surface area contributed by atoms with E-state index >= 15 is 0 Å². The van der Waals surface area contributed by atoms with Crippen LogP contribution < -0.4 is 0 Å². The first-order valence-electron chi connectivity index (χ1n) is 23.1. The van der Waals surface area contributed by atoms with E-state index in [0.717, 1.165) is 109 Å². The second-order valence-electron chi connectivity index (χ2n) is 14.9. The molecule has 0 aliphatic rings. The molecule has 0 aromatic carbocycles. The zero-order valence-electron chi connectivity index (χ0n) is 36.6. The van der Waals surface area contributed by atoms with E-state index < -0.39 is 6.10 Å². The smallest absolute Gasteiger partial charge is 0.306 e. The van der Waals surface area contributed by atoms with Gasteiger partial charge in [-0.3, -0.25) is 9.59 Å². The van der Waals surface area contributed by atoms with E-state index in [2.05, 4.69) is 106 Å². The number of allylic oxidation sites excluding steroid dienone is 14. The standard InChI is InChI=1S/C51H86O5/c1-4-7-10-13-15-17-19-21-23-25-27-29-31-33-35-37-40-43-46-54-47-49(56-51(53)45-42-38-12-9-6-3)48-55-50(52)44-41-39-36-34-32-30-28-26-24-22-20-18-16-14-11-8-5-2/h7-8,10-11,15-18,21-24,28,30,49H,4-6,9,12-14,19-20,25-27,29,31-48H2,1-3H3/b10-7-,11-8-,17-15-,18-16-,23-21-,24-22-,30-28-. The van der Waals surface area contributed by atoms with Crippen LogP contribution in [0.4, 0.5) is 0 Å². The molecule has 0 amide bonds. The van der Waals surface area contributed by atoms with Crippen molar-refractivity contribution >= 4 is 11.9 Å². The number of hydrogen-bond acceptors (Lipinski definition) is 5. The molecule has 320 valence electrons. The van der Waals surface area contributed by atoms with Gasteiger partial charge in [-0.15, -0.1) is 0 Å². The molecule has 0 radical (unpaired) electrons. The molecule has 1 unspecified atom stereocenters. The fraction of sp³-hybridized carbons (Fsp3) is 0.686. The van der Waals surface area contributed by atoms with Gasteiger partial charge in [0.05, 0.1) is 6.61 Å². The number of ether oxygens (including phenoxy) is 3. The van der Waals surface area contributed by atoms with Crippen LogP contribution in [0.1, 0.15) is 201 Å². The van der Waals surface area contributed by atoms with E-state index in [1.54, 1.807) is 0 Å². The monoisotopic (exact) mass is 779 g/mol.